The molecule has 0 aliphatic carbocycles. The van der Waals surface area contributed by atoms with Crippen molar-refractivity contribution >= 4 is 17.3 Å². The summed E-state index contributed by atoms with van der Waals surface area (Å²) in [4.78, 5) is 10.5. The van der Waals surface area contributed by atoms with E-state index in [0.717, 1.165) is 0 Å². The molecule has 0 spiro atoms. The number of ketones is 1. The third-order valence-electron chi connectivity index (χ3n) is 0.839. The first kappa shape index (κ1) is 5.44. The van der Waals surface area contributed by atoms with E-state index in [1.54, 1.807) is 11.6 Å². The lowest BCUT2D eigenvalue weighted by Crippen LogP contribution is -1.85. The fourth-order valence-electron chi connectivity index (χ4n) is 0.379. The molecule has 0 saturated carbocycles. The molecular weight excluding hydrogens is 122 g/mol. The van der Waals surface area contributed by atoms with E-state index in [2.05, 4.69) is 4.37 Å². The zero-order valence-electron chi connectivity index (χ0n) is 4.42. The highest BCUT2D eigenvalue weighted by Gasteiger charge is 1.96. The number of nitrogens with zero attached hydrogens (tertiary/aromatic N) is 1. The van der Waals surface area contributed by atoms with Crippen molar-refractivity contribution in [3.05, 3.63) is 17.1 Å². The van der Waals surface area contributed by atoms with Gasteiger partial charge in [0.2, 0.25) is 0 Å². The van der Waals surface area contributed by atoms with Crippen LogP contribution in [0.2, 0.25) is 0 Å². The minimum absolute atomic E-state index is 0.0822. The summed E-state index contributed by atoms with van der Waals surface area (Å²) >= 11 is 1.30. The number of rotatable bonds is 1. The van der Waals surface area contributed by atoms with Crippen LogP contribution >= 0.6 is 11.5 Å². The van der Waals surface area contributed by atoms with Crippen LogP contribution in [0.25, 0.3) is 0 Å². The predicted molar refractivity (Wildman–Crippen MR) is 32.1 cm³/mol. The molecule has 0 atom stereocenters. The number of carbonyl (C=O) groups excluding carboxylic acids is 1. The first-order valence-electron chi connectivity index (χ1n) is 2.21. The molecule has 1 aromatic rings. The first-order valence-corrected chi connectivity index (χ1v) is 3.04. The van der Waals surface area contributed by atoms with Gasteiger partial charge in [-0.2, -0.15) is 0 Å². The number of Topliss-reactive ketones (excluding diaryl/α,β-unsaturated/α-hetero) is 1. The number of hydrogen-bond donors (Lipinski definition) is 0. The van der Waals surface area contributed by atoms with Gasteiger partial charge < -0.3 is 0 Å². The van der Waals surface area contributed by atoms with E-state index in [4.69, 9.17) is 0 Å². The van der Waals surface area contributed by atoms with Crippen LogP contribution in [0.5, 0.6) is 0 Å². The molecule has 0 fully saturated rings. The van der Waals surface area contributed by atoms with Crippen LogP contribution in [0.3, 0.4) is 0 Å². The molecule has 3 heteroatoms. The molecule has 0 N–H and O–H groups in total. The molecule has 0 aromatic carbocycles. The van der Waals surface area contributed by atoms with Crippen LogP contribution in [-0.2, 0) is 0 Å². The van der Waals surface area contributed by atoms with E-state index in [0.29, 0.717) is 5.56 Å². The second-order valence-electron chi connectivity index (χ2n) is 1.47. The van der Waals surface area contributed by atoms with Gasteiger partial charge in [0.05, 0.1) is 6.20 Å². The Balaban J connectivity index is 2.93. The molecule has 0 unspecified atom stereocenters. The zero-order valence-corrected chi connectivity index (χ0v) is 5.23. The Morgan fingerprint density at radius 2 is 2.62 bits per heavy atom. The van der Waals surface area contributed by atoms with Crippen molar-refractivity contribution in [1.29, 1.82) is 0 Å². The van der Waals surface area contributed by atoms with Crippen LogP contribution in [0, 0.1) is 0 Å². The Morgan fingerprint density at radius 3 is 2.88 bits per heavy atom. The molecule has 0 aliphatic heterocycles. The molecule has 1 aromatic heterocycles. The molecule has 0 radical (unpaired) electrons. The van der Waals surface area contributed by atoms with Crippen molar-refractivity contribution in [2.24, 2.45) is 0 Å². The molecule has 42 valence electrons. The Kier molecular flexibility index (Phi) is 1.39. The quantitative estimate of drug-likeness (QED) is 0.533. The van der Waals surface area contributed by atoms with Gasteiger partial charge in [-0.05, 0) is 18.5 Å². The maximum absolute atomic E-state index is 10.5. The summed E-state index contributed by atoms with van der Waals surface area (Å²) in [5.41, 5.74) is 0.704. The fraction of sp³-hybridized carbons (Fsp3) is 0.200. The number of aromatic nitrogens is 1. The van der Waals surface area contributed by atoms with E-state index in [1.165, 1.54) is 18.5 Å². The Labute approximate surface area is 51.3 Å². The third-order valence-corrected chi connectivity index (χ3v) is 1.43. The molecular formula is C5H5NOS. The number of carbonyl (C=O) groups is 1. The highest BCUT2D eigenvalue weighted by Crippen LogP contribution is 2.00. The minimum atomic E-state index is 0.0822. The van der Waals surface area contributed by atoms with Gasteiger partial charge in [-0.15, -0.1) is 0 Å². The van der Waals surface area contributed by atoms with Gasteiger partial charge in [0.25, 0.3) is 0 Å². The molecule has 0 amide bonds. The van der Waals surface area contributed by atoms with Gasteiger partial charge >= 0.3 is 0 Å². The molecule has 0 aliphatic rings. The summed E-state index contributed by atoms with van der Waals surface area (Å²) in [6.45, 7) is 1.53. The summed E-state index contributed by atoms with van der Waals surface area (Å²) in [6.07, 6.45) is 1.58. The topological polar surface area (TPSA) is 30.0 Å². The van der Waals surface area contributed by atoms with Crippen LogP contribution in [0.1, 0.15) is 17.3 Å². The second kappa shape index (κ2) is 2.05. The smallest absolute Gasteiger partial charge is 0.162 e. The summed E-state index contributed by atoms with van der Waals surface area (Å²) in [5.74, 6) is 0.0822. The maximum atomic E-state index is 10.5. The van der Waals surface area contributed by atoms with E-state index in [9.17, 15) is 4.79 Å². The largest absolute Gasteiger partial charge is 0.294 e. The van der Waals surface area contributed by atoms with E-state index in [1.807, 2.05) is 0 Å². The van der Waals surface area contributed by atoms with Gasteiger partial charge in [-0.1, -0.05) is 0 Å². The highest BCUT2D eigenvalue weighted by atomic mass is 32.1. The van der Waals surface area contributed by atoms with Gasteiger partial charge in [0.15, 0.2) is 5.78 Å². The third kappa shape index (κ3) is 0.924. The van der Waals surface area contributed by atoms with E-state index < -0.39 is 0 Å². The lowest BCUT2D eigenvalue weighted by molar-refractivity contribution is 0.101. The minimum Gasteiger partial charge on any atom is -0.294 e. The van der Waals surface area contributed by atoms with E-state index >= 15 is 0 Å². The van der Waals surface area contributed by atoms with Gasteiger partial charge in [-0.3, -0.25) is 4.79 Å². The van der Waals surface area contributed by atoms with Crippen molar-refractivity contribution in [3.63, 3.8) is 0 Å². The summed E-state index contributed by atoms with van der Waals surface area (Å²) in [6, 6.07) is 0. The molecule has 8 heavy (non-hydrogen) atoms. The Morgan fingerprint density at radius 1 is 1.88 bits per heavy atom. The lowest BCUT2D eigenvalue weighted by atomic mass is 10.3. The van der Waals surface area contributed by atoms with Crippen molar-refractivity contribution < 1.29 is 4.79 Å². The normalized spacial score (nSPS) is 9.12. The average molecular weight is 127 g/mol. The molecule has 2 nitrogen and oxygen atoms in total. The number of hydrogen-bond acceptors (Lipinski definition) is 3. The Hall–Kier alpha value is -0.700. The van der Waals surface area contributed by atoms with Gasteiger partial charge in [0.1, 0.15) is 0 Å². The monoisotopic (exact) mass is 127 g/mol. The van der Waals surface area contributed by atoms with Crippen LogP contribution < -0.4 is 0 Å². The fourth-order valence-corrected chi connectivity index (χ4v) is 0.954. The van der Waals surface area contributed by atoms with E-state index in [-0.39, 0.29) is 5.78 Å². The highest BCUT2D eigenvalue weighted by molar-refractivity contribution is 7.03. The van der Waals surface area contributed by atoms with Crippen LogP contribution in [0.4, 0.5) is 0 Å². The zero-order chi connectivity index (χ0) is 5.98. The van der Waals surface area contributed by atoms with Crippen LogP contribution in [0.15, 0.2) is 11.6 Å². The summed E-state index contributed by atoms with van der Waals surface area (Å²) in [7, 11) is 0. The molecule has 0 saturated heterocycles. The van der Waals surface area contributed by atoms with Crippen LogP contribution in [-0.4, -0.2) is 10.2 Å². The standard InChI is InChI=1S/C5H5NOS/c1-4(7)5-2-6-8-3-5/h2-3H,1H3. The Bertz CT molecular complexity index is 180. The van der Waals surface area contributed by atoms with Crippen molar-refractivity contribution in [1.82, 2.24) is 4.37 Å². The predicted octanol–water partition coefficient (Wildman–Crippen LogP) is 1.35. The lowest BCUT2D eigenvalue weighted by Gasteiger charge is -1.78. The second-order valence-corrected chi connectivity index (χ2v) is 2.13. The maximum Gasteiger partial charge on any atom is 0.162 e. The molecule has 1 heterocycles. The SMILES string of the molecule is CC(=O)c1cnsc1. The average Bonchev–Trinajstić information content (AvgIpc) is 2.12. The van der Waals surface area contributed by atoms with Gasteiger partial charge in [0, 0.05) is 10.9 Å². The van der Waals surface area contributed by atoms with Crippen molar-refractivity contribution in [2.45, 2.75) is 6.92 Å². The first-order chi connectivity index (χ1) is 3.80. The summed E-state index contributed by atoms with van der Waals surface area (Å²) < 4.78 is 3.76. The van der Waals surface area contributed by atoms with Crippen molar-refractivity contribution in [2.75, 3.05) is 0 Å². The van der Waals surface area contributed by atoms with Gasteiger partial charge in [-0.25, -0.2) is 4.37 Å². The molecule has 0 bridgehead atoms. The van der Waals surface area contributed by atoms with Crippen molar-refractivity contribution in [3.8, 4) is 0 Å². The summed E-state index contributed by atoms with van der Waals surface area (Å²) in [5, 5.41) is 1.74. The molecule has 1 rings (SSSR count).